The number of piperidine rings is 1. The fourth-order valence-corrected chi connectivity index (χ4v) is 4.26. The highest BCUT2D eigenvalue weighted by atomic mass is 19.3. The second-order valence-corrected chi connectivity index (χ2v) is 8.73. The van der Waals surface area contributed by atoms with Crippen LogP contribution in [0.5, 0.6) is 5.75 Å². The minimum atomic E-state index is -3.19. The summed E-state index contributed by atoms with van der Waals surface area (Å²) in [6.07, 6.45) is 4.16. The van der Waals surface area contributed by atoms with E-state index in [-0.39, 0.29) is 11.7 Å². The summed E-state index contributed by atoms with van der Waals surface area (Å²) in [5, 5.41) is 14.0. The Labute approximate surface area is 174 Å². The van der Waals surface area contributed by atoms with Crippen LogP contribution in [0.4, 0.5) is 8.78 Å². The highest BCUT2D eigenvalue weighted by Crippen LogP contribution is 2.40. The Morgan fingerprint density at radius 3 is 2.38 bits per heavy atom. The third kappa shape index (κ3) is 7.83. The molecule has 0 radical (unpaired) electrons. The van der Waals surface area contributed by atoms with E-state index in [1.807, 2.05) is 13.0 Å². The van der Waals surface area contributed by atoms with E-state index in [1.54, 1.807) is 12.1 Å². The monoisotopic (exact) mass is 412 g/mol. The van der Waals surface area contributed by atoms with Crippen LogP contribution in [0.25, 0.3) is 0 Å². The first-order chi connectivity index (χ1) is 13.6. The van der Waals surface area contributed by atoms with Gasteiger partial charge in [0.2, 0.25) is 0 Å². The molecule has 6 heteroatoms. The van der Waals surface area contributed by atoms with Crippen molar-refractivity contribution in [2.24, 2.45) is 0 Å². The van der Waals surface area contributed by atoms with E-state index in [2.05, 4.69) is 29.0 Å². The molecule has 29 heavy (non-hydrogen) atoms. The molecule has 0 spiro atoms. The van der Waals surface area contributed by atoms with Crippen molar-refractivity contribution in [3.05, 3.63) is 29.8 Å². The minimum Gasteiger partial charge on any atom is -0.433 e. The molecule has 2 aliphatic rings. The summed E-state index contributed by atoms with van der Waals surface area (Å²) in [6.45, 7) is 5.18. The fraction of sp³-hybridized carbons (Fsp3) is 0.739. The van der Waals surface area contributed by atoms with Gasteiger partial charge in [-0.2, -0.15) is 8.78 Å². The van der Waals surface area contributed by atoms with Crippen LogP contribution >= 0.6 is 0 Å². The number of nitrogens with one attached hydrogen (secondary N) is 1. The van der Waals surface area contributed by atoms with Crippen LogP contribution in [0.3, 0.4) is 0 Å². The molecule has 1 atom stereocenters. The van der Waals surface area contributed by atoms with E-state index in [4.69, 9.17) is 0 Å². The zero-order valence-corrected chi connectivity index (χ0v) is 18.4. The first-order valence-electron chi connectivity index (χ1n) is 10.9. The number of nitrogens with zero attached hydrogens (tertiary/aromatic N) is 1. The Hall–Kier alpha value is -1.24. The zero-order valence-electron chi connectivity index (χ0n) is 18.4. The van der Waals surface area contributed by atoms with Crippen molar-refractivity contribution in [1.29, 1.82) is 0 Å². The van der Waals surface area contributed by atoms with Crippen LogP contribution < -0.4 is 10.1 Å². The molecule has 2 fully saturated rings. The van der Waals surface area contributed by atoms with Gasteiger partial charge in [-0.15, -0.1) is 0 Å². The largest absolute Gasteiger partial charge is 0.433 e. The van der Waals surface area contributed by atoms with Crippen molar-refractivity contribution in [2.45, 2.75) is 82.5 Å². The first kappa shape index (κ1) is 24.0. The van der Waals surface area contributed by atoms with Gasteiger partial charge in [-0.3, -0.25) is 0 Å². The Bertz CT molecular complexity index is 607. The van der Waals surface area contributed by atoms with E-state index in [0.717, 1.165) is 50.6 Å². The number of aliphatic hydroxyl groups is 1. The minimum absolute atomic E-state index is 0.0863. The maximum absolute atomic E-state index is 12.9. The lowest BCUT2D eigenvalue weighted by Crippen LogP contribution is -2.39. The molecule has 1 aromatic rings. The molecule has 2 N–H and O–H groups in total. The molecule has 166 valence electrons. The molecule has 3 rings (SSSR count). The molecular weight excluding hydrogens is 374 g/mol. The highest BCUT2D eigenvalue weighted by molar-refractivity contribution is 5.32. The maximum Gasteiger partial charge on any atom is 0.394 e. The number of benzene rings is 1. The van der Waals surface area contributed by atoms with E-state index in [0.29, 0.717) is 0 Å². The molecule has 1 aromatic carbocycles. The molecule has 0 bridgehead atoms. The average Bonchev–Trinajstić information content (AvgIpc) is 2.68. The van der Waals surface area contributed by atoms with Gasteiger partial charge in [-0.25, -0.2) is 0 Å². The first-order valence-corrected chi connectivity index (χ1v) is 10.9. The summed E-state index contributed by atoms with van der Waals surface area (Å²) in [5.74, 6) is 0.0538. The lowest BCUT2D eigenvalue weighted by Gasteiger charge is -2.37. The molecule has 1 unspecified atom stereocenters. The van der Waals surface area contributed by atoms with Crippen LogP contribution in [0.1, 0.15) is 70.3 Å². The molecule has 1 aliphatic carbocycles. The Kier molecular flexibility index (Phi) is 8.86. The molecule has 0 amide bonds. The molecule has 1 saturated carbocycles. The second kappa shape index (κ2) is 10.7. The van der Waals surface area contributed by atoms with E-state index >= 15 is 0 Å². The maximum atomic E-state index is 12.9. The summed E-state index contributed by atoms with van der Waals surface area (Å²) in [4.78, 5) is 2.38. The number of alkyl halides is 2. The zero-order chi connectivity index (χ0) is 21.5. The van der Waals surface area contributed by atoms with Crippen molar-refractivity contribution in [3.8, 4) is 5.75 Å². The van der Waals surface area contributed by atoms with E-state index in [9.17, 15) is 13.9 Å². The summed E-state index contributed by atoms with van der Waals surface area (Å²) in [6, 6.07) is 7.45. The Morgan fingerprint density at radius 1 is 1.21 bits per heavy atom. The number of likely N-dealkylation sites (tertiary alicyclic amines) is 1. The molecule has 1 saturated heterocycles. The quantitative estimate of drug-likeness (QED) is 0.731. The van der Waals surface area contributed by atoms with Crippen LogP contribution in [0.2, 0.25) is 0 Å². The third-order valence-corrected chi connectivity index (χ3v) is 6.31. The standard InChI is InChI=1S/C16H22F2O2.C7H16N2/c1-12(16(19)9-4-3-5-10-16)13-7-6-8-14(11-13)20-15(2,17)18;1-8-7-3-5-9(2)6-4-7/h6-8,11-12,19H,3-5,9-10H2,1-2H3;7-8H,3-6H2,1-2H3. The van der Waals surface area contributed by atoms with Gasteiger partial charge in [-0.05, 0) is 70.6 Å². The van der Waals surface area contributed by atoms with E-state index in [1.165, 1.54) is 32.0 Å². The summed E-state index contributed by atoms with van der Waals surface area (Å²) >= 11 is 0. The topological polar surface area (TPSA) is 44.7 Å². The Morgan fingerprint density at radius 2 is 1.83 bits per heavy atom. The van der Waals surface area contributed by atoms with Gasteiger partial charge < -0.3 is 20.1 Å². The third-order valence-electron chi connectivity index (χ3n) is 6.31. The average molecular weight is 413 g/mol. The van der Waals surface area contributed by atoms with Gasteiger partial charge in [0, 0.05) is 18.9 Å². The number of hydrogen-bond donors (Lipinski definition) is 2. The summed E-state index contributed by atoms with van der Waals surface area (Å²) < 4.78 is 30.4. The van der Waals surface area contributed by atoms with Gasteiger partial charge >= 0.3 is 6.11 Å². The van der Waals surface area contributed by atoms with Crippen molar-refractivity contribution in [3.63, 3.8) is 0 Å². The van der Waals surface area contributed by atoms with E-state index < -0.39 is 11.7 Å². The summed E-state index contributed by atoms with van der Waals surface area (Å²) in [5.41, 5.74) is 0.113. The lowest BCUT2D eigenvalue weighted by atomic mass is 9.74. The van der Waals surface area contributed by atoms with Gasteiger partial charge in [0.25, 0.3) is 0 Å². The van der Waals surface area contributed by atoms with Crippen LogP contribution in [-0.2, 0) is 0 Å². The molecule has 1 heterocycles. The molecule has 1 aliphatic heterocycles. The van der Waals surface area contributed by atoms with Crippen molar-refractivity contribution in [1.82, 2.24) is 10.2 Å². The smallest absolute Gasteiger partial charge is 0.394 e. The predicted octanol–water partition coefficient (Wildman–Crippen LogP) is 4.78. The fourth-order valence-electron chi connectivity index (χ4n) is 4.26. The second-order valence-electron chi connectivity index (χ2n) is 8.73. The highest BCUT2D eigenvalue weighted by Gasteiger charge is 2.36. The summed E-state index contributed by atoms with van der Waals surface area (Å²) in [7, 11) is 4.24. The van der Waals surface area contributed by atoms with Gasteiger partial charge in [0.15, 0.2) is 0 Å². The SMILES string of the molecule is CC(c1cccc(OC(C)(F)F)c1)C1(O)CCCCC1.CNC1CCN(C)CC1. The van der Waals surface area contributed by atoms with Gasteiger partial charge in [-0.1, -0.05) is 38.3 Å². The number of rotatable bonds is 5. The molecule has 4 nitrogen and oxygen atoms in total. The van der Waals surface area contributed by atoms with Crippen molar-refractivity contribution < 1.29 is 18.6 Å². The van der Waals surface area contributed by atoms with Gasteiger partial charge in [0.1, 0.15) is 5.75 Å². The van der Waals surface area contributed by atoms with Crippen LogP contribution in [-0.4, -0.2) is 54.9 Å². The van der Waals surface area contributed by atoms with Crippen LogP contribution in [0, 0.1) is 0 Å². The van der Waals surface area contributed by atoms with Crippen molar-refractivity contribution in [2.75, 3.05) is 27.2 Å². The molecule has 0 aromatic heterocycles. The normalized spacial score (nSPS) is 21.8. The number of hydrogen-bond acceptors (Lipinski definition) is 4. The van der Waals surface area contributed by atoms with Crippen LogP contribution in [0.15, 0.2) is 24.3 Å². The van der Waals surface area contributed by atoms with Crippen molar-refractivity contribution >= 4 is 0 Å². The number of halogens is 2. The number of ether oxygens (including phenoxy) is 1. The Balaban J connectivity index is 0.000000278. The predicted molar refractivity (Wildman–Crippen MR) is 114 cm³/mol. The van der Waals surface area contributed by atoms with Gasteiger partial charge in [0.05, 0.1) is 5.60 Å². The lowest BCUT2D eigenvalue weighted by molar-refractivity contribution is -0.159. The molecular formula is C23H38F2N2O2.